The second-order valence-electron chi connectivity index (χ2n) is 7.38. The summed E-state index contributed by atoms with van der Waals surface area (Å²) >= 11 is 0. The van der Waals surface area contributed by atoms with E-state index < -0.39 is 0 Å². The normalized spacial score (nSPS) is 27.8. The molecule has 1 aromatic rings. The summed E-state index contributed by atoms with van der Waals surface area (Å²) in [6, 6.07) is 6.48. The molecule has 3 atom stereocenters. The van der Waals surface area contributed by atoms with Gasteiger partial charge in [0, 0.05) is 37.3 Å². The number of nitrogens with one attached hydrogen (secondary N) is 2. The molecule has 134 valence electrons. The average Bonchev–Trinajstić information content (AvgIpc) is 3.04. The number of benzene rings is 1. The van der Waals surface area contributed by atoms with E-state index in [0.29, 0.717) is 24.5 Å². The Labute approximate surface area is 144 Å². The van der Waals surface area contributed by atoms with Gasteiger partial charge in [-0.15, -0.1) is 0 Å². The first-order valence-electron chi connectivity index (χ1n) is 9.10. The van der Waals surface area contributed by atoms with Gasteiger partial charge in [-0.05, 0) is 44.5 Å². The highest BCUT2D eigenvalue weighted by Gasteiger charge is 2.34. The Morgan fingerprint density at radius 2 is 2.21 bits per heavy atom. The molecule has 2 fully saturated rings. The molecule has 4 nitrogen and oxygen atoms in total. The van der Waals surface area contributed by atoms with Crippen LogP contribution in [0, 0.1) is 11.7 Å². The van der Waals surface area contributed by atoms with Gasteiger partial charge in [0.1, 0.15) is 5.82 Å². The van der Waals surface area contributed by atoms with Crippen molar-refractivity contribution >= 4 is 0 Å². The average molecular weight is 335 g/mol. The molecule has 0 spiro atoms. The molecule has 2 aliphatic rings. The Balaban J connectivity index is 1.58. The summed E-state index contributed by atoms with van der Waals surface area (Å²) in [5.74, 6) is 0.516. The lowest BCUT2D eigenvalue weighted by Crippen LogP contribution is -2.50. The van der Waals surface area contributed by atoms with Crippen molar-refractivity contribution in [3.63, 3.8) is 0 Å². The number of nitrogens with zero attached hydrogens (tertiary/aromatic N) is 1. The van der Waals surface area contributed by atoms with Gasteiger partial charge in [-0.1, -0.05) is 18.6 Å². The molecule has 1 aliphatic heterocycles. The standard InChI is InChI=1S/C19H30FN3O/c1-23(2)12-15-10-14(6-7-17(15)20)11-22-18-5-3-4-16(18)19-13-24-9-8-21-19/h6-7,10,16,18-19,21-22H,3-5,8-9,11-13H2,1-2H3. The minimum absolute atomic E-state index is 0.116. The van der Waals surface area contributed by atoms with E-state index in [0.717, 1.165) is 37.4 Å². The molecule has 2 N–H and O–H groups in total. The van der Waals surface area contributed by atoms with Crippen molar-refractivity contribution in [3.05, 3.63) is 35.1 Å². The van der Waals surface area contributed by atoms with Crippen LogP contribution in [0.4, 0.5) is 4.39 Å². The minimum atomic E-state index is -0.116. The second-order valence-corrected chi connectivity index (χ2v) is 7.38. The first-order valence-corrected chi connectivity index (χ1v) is 9.10. The van der Waals surface area contributed by atoms with Crippen molar-refractivity contribution in [1.29, 1.82) is 0 Å². The van der Waals surface area contributed by atoms with Gasteiger partial charge >= 0.3 is 0 Å². The minimum Gasteiger partial charge on any atom is -0.379 e. The summed E-state index contributed by atoms with van der Waals surface area (Å²) in [7, 11) is 3.93. The van der Waals surface area contributed by atoms with Crippen molar-refractivity contribution in [2.24, 2.45) is 5.92 Å². The molecule has 0 bridgehead atoms. The van der Waals surface area contributed by atoms with Crippen LogP contribution < -0.4 is 10.6 Å². The topological polar surface area (TPSA) is 36.5 Å². The van der Waals surface area contributed by atoms with Gasteiger partial charge in [0.2, 0.25) is 0 Å². The number of morpholine rings is 1. The summed E-state index contributed by atoms with van der Waals surface area (Å²) in [5, 5.41) is 7.32. The quantitative estimate of drug-likeness (QED) is 0.835. The van der Waals surface area contributed by atoms with E-state index in [9.17, 15) is 4.39 Å². The number of hydrogen-bond donors (Lipinski definition) is 2. The van der Waals surface area contributed by atoms with Gasteiger partial charge in [-0.2, -0.15) is 0 Å². The SMILES string of the molecule is CN(C)Cc1cc(CNC2CCCC2C2COCCN2)ccc1F. The summed E-state index contributed by atoms with van der Waals surface area (Å²) in [6.45, 7) is 4.04. The molecule has 1 saturated heterocycles. The molecule has 5 heteroatoms. The van der Waals surface area contributed by atoms with Crippen molar-refractivity contribution in [3.8, 4) is 0 Å². The number of ether oxygens (including phenoxy) is 1. The van der Waals surface area contributed by atoms with Crippen LogP contribution in [0.3, 0.4) is 0 Å². The van der Waals surface area contributed by atoms with E-state index in [1.54, 1.807) is 6.07 Å². The number of hydrogen-bond acceptors (Lipinski definition) is 4. The zero-order valence-electron chi connectivity index (χ0n) is 14.9. The van der Waals surface area contributed by atoms with E-state index in [1.165, 1.54) is 19.3 Å². The molecule has 0 aromatic heterocycles. The van der Waals surface area contributed by atoms with Crippen molar-refractivity contribution in [1.82, 2.24) is 15.5 Å². The highest BCUT2D eigenvalue weighted by molar-refractivity contribution is 5.25. The highest BCUT2D eigenvalue weighted by Crippen LogP contribution is 2.29. The summed E-state index contributed by atoms with van der Waals surface area (Å²) in [4.78, 5) is 2.00. The Morgan fingerprint density at radius 1 is 1.33 bits per heavy atom. The predicted octanol–water partition coefficient (Wildman–Crippen LogP) is 2.13. The van der Waals surface area contributed by atoms with E-state index in [-0.39, 0.29) is 5.82 Å². The lowest BCUT2D eigenvalue weighted by Gasteiger charge is -2.33. The third kappa shape index (κ3) is 4.54. The van der Waals surface area contributed by atoms with Crippen LogP contribution in [0.15, 0.2) is 18.2 Å². The Kier molecular flexibility index (Phi) is 6.22. The molecule has 1 aromatic carbocycles. The maximum Gasteiger partial charge on any atom is 0.127 e. The van der Waals surface area contributed by atoms with Crippen molar-refractivity contribution in [2.75, 3.05) is 33.9 Å². The van der Waals surface area contributed by atoms with Crippen LogP contribution in [-0.4, -0.2) is 50.8 Å². The van der Waals surface area contributed by atoms with Gasteiger partial charge in [-0.3, -0.25) is 0 Å². The fraction of sp³-hybridized carbons (Fsp3) is 0.684. The molecule has 24 heavy (non-hydrogen) atoms. The highest BCUT2D eigenvalue weighted by atomic mass is 19.1. The first kappa shape index (κ1) is 17.8. The third-order valence-corrected chi connectivity index (χ3v) is 5.20. The Morgan fingerprint density at radius 3 is 2.96 bits per heavy atom. The molecular weight excluding hydrogens is 305 g/mol. The third-order valence-electron chi connectivity index (χ3n) is 5.20. The fourth-order valence-electron chi connectivity index (χ4n) is 4.03. The lowest BCUT2D eigenvalue weighted by molar-refractivity contribution is 0.0524. The lowest BCUT2D eigenvalue weighted by atomic mass is 9.94. The molecular formula is C19H30FN3O. The van der Waals surface area contributed by atoms with Gasteiger partial charge in [-0.25, -0.2) is 4.39 Å². The zero-order valence-corrected chi connectivity index (χ0v) is 14.9. The largest absolute Gasteiger partial charge is 0.379 e. The predicted molar refractivity (Wildman–Crippen MR) is 94.4 cm³/mol. The zero-order chi connectivity index (χ0) is 16.9. The van der Waals surface area contributed by atoms with Crippen LogP contribution in [0.25, 0.3) is 0 Å². The monoisotopic (exact) mass is 335 g/mol. The molecule has 1 saturated carbocycles. The van der Waals surface area contributed by atoms with Crippen LogP contribution in [0.1, 0.15) is 30.4 Å². The Hall–Kier alpha value is -1.01. The molecule has 1 aliphatic carbocycles. The molecule has 3 unspecified atom stereocenters. The summed E-state index contributed by atoms with van der Waals surface area (Å²) in [6.07, 6.45) is 3.75. The van der Waals surface area contributed by atoms with Crippen LogP contribution in [0.2, 0.25) is 0 Å². The molecule has 3 rings (SSSR count). The van der Waals surface area contributed by atoms with Gasteiger partial charge in [0.25, 0.3) is 0 Å². The van der Waals surface area contributed by atoms with Crippen LogP contribution in [-0.2, 0) is 17.8 Å². The van der Waals surface area contributed by atoms with E-state index >= 15 is 0 Å². The smallest absolute Gasteiger partial charge is 0.127 e. The molecule has 1 heterocycles. The summed E-state index contributed by atoms with van der Waals surface area (Å²) < 4.78 is 19.5. The number of halogens is 1. The molecule has 0 amide bonds. The van der Waals surface area contributed by atoms with Crippen LogP contribution >= 0.6 is 0 Å². The van der Waals surface area contributed by atoms with E-state index in [2.05, 4.69) is 10.6 Å². The van der Waals surface area contributed by atoms with Crippen LogP contribution in [0.5, 0.6) is 0 Å². The maximum absolute atomic E-state index is 13.9. The van der Waals surface area contributed by atoms with E-state index in [4.69, 9.17) is 4.74 Å². The first-order chi connectivity index (χ1) is 11.6. The van der Waals surface area contributed by atoms with Crippen molar-refractivity contribution < 1.29 is 9.13 Å². The van der Waals surface area contributed by atoms with Gasteiger partial charge in [0.15, 0.2) is 0 Å². The van der Waals surface area contributed by atoms with Gasteiger partial charge in [0.05, 0.1) is 13.2 Å². The number of rotatable bonds is 6. The van der Waals surface area contributed by atoms with Crippen molar-refractivity contribution in [2.45, 2.75) is 44.4 Å². The maximum atomic E-state index is 13.9. The fourth-order valence-corrected chi connectivity index (χ4v) is 4.03. The van der Waals surface area contributed by atoms with Gasteiger partial charge < -0.3 is 20.3 Å². The summed E-state index contributed by atoms with van der Waals surface area (Å²) in [5.41, 5.74) is 1.93. The molecule has 0 radical (unpaired) electrons. The van der Waals surface area contributed by atoms with E-state index in [1.807, 2.05) is 31.1 Å². The second kappa shape index (κ2) is 8.39. The Bertz CT molecular complexity index is 531.